The Morgan fingerprint density at radius 1 is 1.54 bits per heavy atom. The van der Waals surface area contributed by atoms with Crippen molar-refractivity contribution in [3.8, 4) is 0 Å². The Bertz CT molecular complexity index is 182. The van der Waals surface area contributed by atoms with Crippen molar-refractivity contribution in [2.45, 2.75) is 39.2 Å². The highest BCUT2D eigenvalue weighted by Gasteiger charge is 2.24. The van der Waals surface area contributed by atoms with Gasteiger partial charge in [-0.25, -0.2) is 0 Å². The van der Waals surface area contributed by atoms with E-state index in [0.29, 0.717) is 4.99 Å². The van der Waals surface area contributed by atoms with Gasteiger partial charge in [-0.1, -0.05) is 19.1 Å². The Balaban J connectivity index is 2.18. The zero-order chi connectivity index (χ0) is 9.84. The lowest BCUT2D eigenvalue weighted by Crippen LogP contribution is -2.28. The monoisotopic (exact) mass is 200 g/mol. The molecule has 1 saturated heterocycles. The second-order valence-corrected chi connectivity index (χ2v) is 4.78. The molecule has 0 spiro atoms. The normalized spacial score (nSPS) is 29.4. The predicted octanol–water partition coefficient (Wildman–Crippen LogP) is 1.78. The van der Waals surface area contributed by atoms with Crippen LogP contribution in [0.25, 0.3) is 0 Å². The number of likely N-dealkylation sites (tertiary alicyclic amines) is 1. The number of thiocarbonyl (C=S) groups is 1. The number of hydrogen-bond donors (Lipinski definition) is 1. The summed E-state index contributed by atoms with van der Waals surface area (Å²) in [6.45, 7) is 7.04. The molecule has 0 aromatic carbocycles. The molecule has 2 N–H and O–H groups in total. The van der Waals surface area contributed by atoms with E-state index >= 15 is 0 Å². The third-order valence-corrected chi connectivity index (χ3v) is 2.99. The zero-order valence-electron chi connectivity index (χ0n) is 8.62. The van der Waals surface area contributed by atoms with E-state index in [1.54, 1.807) is 0 Å². The average molecular weight is 200 g/mol. The van der Waals surface area contributed by atoms with Crippen LogP contribution in [0, 0.1) is 5.92 Å². The van der Waals surface area contributed by atoms with Crippen LogP contribution in [0.2, 0.25) is 0 Å². The second kappa shape index (κ2) is 4.91. The highest BCUT2D eigenvalue weighted by Crippen LogP contribution is 2.22. The predicted molar refractivity (Wildman–Crippen MR) is 60.8 cm³/mol. The molecule has 0 radical (unpaired) electrons. The van der Waals surface area contributed by atoms with Crippen LogP contribution in [0.3, 0.4) is 0 Å². The van der Waals surface area contributed by atoms with E-state index in [1.165, 1.54) is 13.0 Å². The number of nitrogens with two attached hydrogens (primary N) is 1. The first-order valence-electron chi connectivity index (χ1n) is 5.12. The van der Waals surface area contributed by atoms with Crippen molar-refractivity contribution in [2.24, 2.45) is 11.7 Å². The Morgan fingerprint density at radius 3 is 2.69 bits per heavy atom. The molecule has 1 aliphatic rings. The minimum absolute atomic E-state index is 0.653. The number of nitrogens with zero attached hydrogens (tertiary/aromatic N) is 1. The Labute approximate surface area is 86.5 Å². The van der Waals surface area contributed by atoms with E-state index < -0.39 is 0 Å². The van der Waals surface area contributed by atoms with E-state index in [1.807, 2.05) is 0 Å². The molecule has 0 aromatic heterocycles. The molecule has 2 atom stereocenters. The van der Waals surface area contributed by atoms with E-state index in [2.05, 4.69) is 18.7 Å². The van der Waals surface area contributed by atoms with Gasteiger partial charge in [0, 0.05) is 12.6 Å². The number of hydrogen-bond acceptors (Lipinski definition) is 2. The zero-order valence-corrected chi connectivity index (χ0v) is 9.44. The summed E-state index contributed by atoms with van der Waals surface area (Å²) in [4.78, 5) is 3.20. The summed E-state index contributed by atoms with van der Waals surface area (Å²) in [6, 6.07) is 0.751. The van der Waals surface area contributed by atoms with E-state index in [9.17, 15) is 0 Å². The maximum Gasteiger partial charge on any atom is 0.0727 e. The Kier molecular flexibility index (Phi) is 4.13. The summed E-state index contributed by atoms with van der Waals surface area (Å²) in [5.74, 6) is 0.861. The van der Waals surface area contributed by atoms with Crippen molar-refractivity contribution in [2.75, 3.05) is 13.1 Å². The van der Waals surface area contributed by atoms with Crippen molar-refractivity contribution in [1.82, 2.24) is 4.90 Å². The first kappa shape index (κ1) is 10.9. The molecule has 13 heavy (non-hydrogen) atoms. The largest absolute Gasteiger partial charge is 0.393 e. The highest BCUT2D eigenvalue weighted by atomic mass is 32.1. The Morgan fingerprint density at radius 2 is 2.23 bits per heavy atom. The van der Waals surface area contributed by atoms with E-state index in [0.717, 1.165) is 31.3 Å². The standard InChI is InChI=1S/C10H20N2S/c1-8-6-9(2)12(7-8)5-3-4-10(11)13/h8-9H,3-7H2,1-2H3,(H2,11,13). The fraction of sp³-hybridized carbons (Fsp3) is 0.900. The molecule has 1 rings (SSSR count). The van der Waals surface area contributed by atoms with Gasteiger partial charge in [-0.15, -0.1) is 0 Å². The molecule has 1 heterocycles. The van der Waals surface area contributed by atoms with Crippen LogP contribution in [0.1, 0.15) is 33.1 Å². The van der Waals surface area contributed by atoms with Crippen LogP contribution in [0.4, 0.5) is 0 Å². The van der Waals surface area contributed by atoms with Crippen molar-refractivity contribution >= 4 is 17.2 Å². The third kappa shape index (κ3) is 3.61. The van der Waals surface area contributed by atoms with Crippen LogP contribution in [0.5, 0.6) is 0 Å². The second-order valence-electron chi connectivity index (χ2n) is 4.25. The molecule has 76 valence electrons. The summed E-state index contributed by atoms with van der Waals surface area (Å²) in [5, 5.41) is 0. The van der Waals surface area contributed by atoms with Crippen molar-refractivity contribution < 1.29 is 0 Å². The molecular weight excluding hydrogens is 180 g/mol. The average Bonchev–Trinajstić information content (AvgIpc) is 2.29. The van der Waals surface area contributed by atoms with Crippen LogP contribution in [-0.2, 0) is 0 Å². The molecular formula is C10H20N2S. The fourth-order valence-electron chi connectivity index (χ4n) is 2.15. The van der Waals surface area contributed by atoms with Crippen molar-refractivity contribution in [1.29, 1.82) is 0 Å². The van der Waals surface area contributed by atoms with Crippen LogP contribution < -0.4 is 5.73 Å². The summed E-state index contributed by atoms with van der Waals surface area (Å²) in [6.07, 6.45) is 3.35. The summed E-state index contributed by atoms with van der Waals surface area (Å²) < 4.78 is 0. The van der Waals surface area contributed by atoms with Crippen LogP contribution >= 0.6 is 12.2 Å². The van der Waals surface area contributed by atoms with Gasteiger partial charge >= 0.3 is 0 Å². The lowest BCUT2D eigenvalue weighted by molar-refractivity contribution is 0.263. The molecule has 1 aliphatic heterocycles. The van der Waals surface area contributed by atoms with E-state index in [-0.39, 0.29) is 0 Å². The Hall–Kier alpha value is -0.150. The molecule has 0 saturated carbocycles. The minimum atomic E-state index is 0.653. The summed E-state index contributed by atoms with van der Waals surface area (Å²) >= 11 is 4.85. The fourth-order valence-corrected chi connectivity index (χ4v) is 2.30. The van der Waals surface area contributed by atoms with Crippen molar-refractivity contribution in [3.63, 3.8) is 0 Å². The number of rotatable bonds is 4. The summed E-state index contributed by atoms with van der Waals surface area (Å²) in [7, 11) is 0. The maximum absolute atomic E-state index is 5.45. The maximum atomic E-state index is 5.45. The van der Waals surface area contributed by atoms with Gasteiger partial charge in [0.2, 0.25) is 0 Å². The van der Waals surface area contributed by atoms with E-state index in [4.69, 9.17) is 18.0 Å². The van der Waals surface area contributed by atoms with Gasteiger partial charge in [-0.3, -0.25) is 0 Å². The van der Waals surface area contributed by atoms with Gasteiger partial charge in [-0.05, 0) is 38.6 Å². The van der Waals surface area contributed by atoms with Gasteiger partial charge < -0.3 is 10.6 Å². The SMILES string of the molecule is CC1CC(C)N(CCCC(N)=S)C1. The first-order valence-corrected chi connectivity index (χ1v) is 5.52. The van der Waals surface area contributed by atoms with Gasteiger partial charge in [0.1, 0.15) is 0 Å². The minimum Gasteiger partial charge on any atom is -0.393 e. The molecule has 0 aromatic rings. The molecule has 0 bridgehead atoms. The topological polar surface area (TPSA) is 29.3 Å². The molecule has 2 unspecified atom stereocenters. The molecule has 3 heteroatoms. The van der Waals surface area contributed by atoms with Gasteiger partial charge in [0.15, 0.2) is 0 Å². The molecule has 0 amide bonds. The van der Waals surface area contributed by atoms with Crippen LogP contribution in [0.15, 0.2) is 0 Å². The molecule has 0 aliphatic carbocycles. The lowest BCUT2D eigenvalue weighted by Gasteiger charge is -2.20. The molecule has 1 fully saturated rings. The quantitative estimate of drug-likeness (QED) is 0.702. The first-order chi connectivity index (χ1) is 6.09. The molecule has 2 nitrogen and oxygen atoms in total. The third-order valence-electron chi connectivity index (χ3n) is 2.78. The highest BCUT2D eigenvalue weighted by molar-refractivity contribution is 7.80. The summed E-state index contributed by atoms with van der Waals surface area (Å²) in [5.41, 5.74) is 5.45. The smallest absolute Gasteiger partial charge is 0.0727 e. The van der Waals surface area contributed by atoms with Crippen LogP contribution in [-0.4, -0.2) is 29.0 Å². The van der Waals surface area contributed by atoms with Gasteiger partial charge in [-0.2, -0.15) is 0 Å². The van der Waals surface area contributed by atoms with Gasteiger partial charge in [0.05, 0.1) is 4.99 Å². The van der Waals surface area contributed by atoms with Gasteiger partial charge in [0.25, 0.3) is 0 Å². The lowest BCUT2D eigenvalue weighted by atomic mass is 10.1. The van der Waals surface area contributed by atoms with Crippen molar-refractivity contribution in [3.05, 3.63) is 0 Å².